The fraction of sp³-hybridized carbons (Fsp3) is 0.542. The van der Waals surface area contributed by atoms with Crippen LogP contribution in [0.1, 0.15) is 43.7 Å². The zero-order chi connectivity index (χ0) is 22.8. The van der Waals surface area contributed by atoms with E-state index in [2.05, 4.69) is 61.9 Å². The van der Waals surface area contributed by atoms with Crippen LogP contribution in [0.2, 0.25) is 0 Å². The molecule has 0 aliphatic carbocycles. The summed E-state index contributed by atoms with van der Waals surface area (Å²) in [4.78, 5) is 27.5. The standard InChI is InChI=1S/C23H32N6O.CH5N/c1-2-28(17-20-9-7-8-19(14-20)16-27-10-3-4-11-27)22-21(25-18-30)15-24-23(26-22)29-12-5-6-13-29;1-2/h7-9,14-15,18H,2-6,10-13,16-17H2,1H3,(H,25,30);2H2,1H3. The van der Waals surface area contributed by atoms with Crippen molar-refractivity contribution < 1.29 is 4.79 Å². The van der Waals surface area contributed by atoms with Crippen molar-refractivity contribution >= 4 is 23.9 Å². The highest BCUT2D eigenvalue weighted by atomic mass is 16.1. The number of aromatic nitrogens is 2. The first-order valence-electron chi connectivity index (χ1n) is 11.7. The van der Waals surface area contributed by atoms with E-state index in [0.717, 1.165) is 44.5 Å². The predicted octanol–water partition coefficient (Wildman–Crippen LogP) is 2.84. The first kappa shape index (κ1) is 23.9. The SMILES string of the molecule is CCN(Cc1cccc(CN2CCCC2)c1)c1nc(N2CCCC2)ncc1NC=O.CN. The summed E-state index contributed by atoms with van der Waals surface area (Å²) in [7, 11) is 1.50. The van der Waals surface area contributed by atoms with E-state index in [0.29, 0.717) is 12.1 Å². The van der Waals surface area contributed by atoms with E-state index in [9.17, 15) is 4.79 Å². The van der Waals surface area contributed by atoms with Crippen LogP contribution in [0.4, 0.5) is 17.5 Å². The Labute approximate surface area is 191 Å². The van der Waals surface area contributed by atoms with Crippen LogP contribution in [0.15, 0.2) is 30.5 Å². The molecule has 2 fully saturated rings. The number of amides is 1. The van der Waals surface area contributed by atoms with Gasteiger partial charge >= 0.3 is 0 Å². The van der Waals surface area contributed by atoms with Gasteiger partial charge in [-0.1, -0.05) is 24.3 Å². The number of rotatable bonds is 9. The number of carbonyl (C=O) groups is 1. The van der Waals surface area contributed by atoms with Crippen molar-refractivity contribution in [2.45, 2.75) is 45.7 Å². The van der Waals surface area contributed by atoms with Crippen LogP contribution in [-0.2, 0) is 17.9 Å². The Morgan fingerprint density at radius 3 is 2.47 bits per heavy atom. The van der Waals surface area contributed by atoms with Crippen LogP contribution >= 0.6 is 0 Å². The second kappa shape index (κ2) is 12.4. The molecule has 0 spiro atoms. The topological polar surface area (TPSA) is 90.6 Å². The van der Waals surface area contributed by atoms with Gasteiger partial charge in [-0.3, -0.25) is 9.69 Å². The Morgan fingerprint density at radius 1 is 1.09 bits per heavy atom. The predicted molar refractivity (Wildman–Crippen MR) is 131 cm³/mol. The zero-order valence-corrected chi connectivity index (χ0v) is 19.5. The number of nitrogens with one attached hydrogen (secondary N) is 1. The second-order valence-electron chi connectivity index (χ2n) is 8.18. The van der Waals surface area contributed by atoms with Gasteiger partial charge in [0.25, 0.3) is 0 Å². The average Bonchev–Trinajstić information content (AvgIpc) is 3.54. The number of anilines is 3. The van der Waals surface area contributed by atoms with E-state index < -0.39 is 0 Å². The maximum absolute atomic E-state index is 11.1. The van der Waals surface area contributed by atoms with Crippen LogP contribution < -0.4 is 20.9 Å². The van der Waals surface area contributed by atoms with Crippen molar-refractivity contribution in [2.75, 3.05) is 54.9 Å². The quantitative estimate of drug-likeness (QED) is 0.581. The molecule has 0 unspecified atom stereocenters. The highest BCUT2D eigenvalue weighted by Gasteiger charge is 2.20. The molecule has 0 saturated carbocycles. The van der Waals surface area contributed by atoms with E-state index >= 15 is 0 Å². The lowest BCUT2D eigenvalue weighted by atomic mass is 10.1. The third-order valence-electron chi connectivity index (χ3n) is 6.01. The Bertz CT molecular complexity index is 848. The Morgan fingerprint density at radius 2 is 1.78 bits per heavy atom. The molecular weight excluding hydrogens is 402 g/mol. The normalized spacial score (nSPS) is 15.9. The lowest BCUT2D eigenvalue weighted by Crippen LogP contribution is -2.27. The third-order valence-corrected chi connectivity index (χ3v) is 6.01. The van der Waals surface area contributed by atoms with Crippen LogP contribution in [0.5, 0.6) is 0 Å². The number of benzene rings is 1. The molecule has 0 atom stereocenters. The summed E-state index contributed by atoms with van der Waals surface area (Å²) in [6.07, 6.45) is 7.40. The molecule has 8 heteroatoms. The van der Waals surface area contributed by atoms with Gasteiger partial charge in [0.2, 0.25) is 12.4 Å². The van der Waals surface area contributed by atoms with E-state index in [1.165, 1.54) is 56.9 Å². The summed E-state index contributed by atoms with van der Waals surface area (Å²) >= 11 is 0. The molecule has 3 heterocycles. The molecular formula is C24H37N7O. The van der Waals surface area contributed by atoms with Crippen molar-refractivity contribution in [3.05, 3.63) is 41.6 Å². The molecule has 8 nitrogen and oxygen atoms in total. The van der Waals surface area contributed by atoms with Gasteiger partial charge in [0, 0.05) is 32.7 Å². The van der Waals surface area contributed by atoms with Crippen molar-refractivity contribution in [2.24, 2.45) is 5.73 Å². The Hall–Kier alpha value is -2.71. The molecule has 2 saturated heterocycles. The maximum atomic E-state index is 11.1. The first-order valence-corrected chi connectivity index (χ1v) is 11.7. The maximum Gasteiger partial charge on any atom is 0.227 e. The Balaban J connectivity index is 0.00000141. The number of nitrogens with zero attached hydrogens (tertiary/aromatic N) is 5. The molecule has 2 aliphatic heterocycles. The van der Waals surface area contributed by atoms with E-state index in [1.807, 2.05) is 0 Å². The van der Waals surface area contributed by atoms with Crippen molar-refractivity contribution in [3.8, 4) is 0 Å². The molecule has 1 aromatic carbocycles. The minimum absolute atomic E-state index is 0.656. The summed E-state index contributed by atoms with van der Waals surface area (Å²) in [6.45, 7) is 9.06. The summed E-state index contributed by atoms with van der Waals surface area (Å²) in [5.41, 5.74) is 7.77. The van der Waals surface area contributed by atoms with Crippen LogP contribution in [-0.4, -0.2) is 61.0 Å². The van der Waals surface area contributed by atoms with Crippen LogP contribution in [0, 0.1) is 0 Å². The van der Waals surface area contributed by atoms with Crippen molar-refractivity contribution in [1.29, 1.82) is 0 Å². The minimum Gasteiger partial charge on any atom is -0.351 e. The molecule has 1 amide bonds. The smallest absolute Gasteiger partial charge is 0.227 e. The highest BCUT2D eigenvalue weighted by Crippen LogP contribution is 2.28. The van der Waals surface area contributed by atoms with Gasteiger partial charge in [0.1, 0.15) is 5.69 Å². The molecule has 0 bridgehead atoms. The summed E-state index contributed by atoms with van der Waals surface area (Å²) in [6, 6.07) is 8.84. The third kappa shape index (κ3) is 6.17. The molecule has 1 aromatic heterocycles. The van der Waals surface area contributed by atoms with Gasteiger partial charge in [-0.2, -0.15) is 4.98 Å². The Kier molecular flexibility index (Phi) is 9.25. The van der Waals surface area contributed by atoms with Crippen LogP contribution in [0.3, 0.4) is 0 Å². The molecule has 2 aromatic rings. The van der Waals surface area contributed by atoms with Gasteiger partial charge in [-0.25, -0.2) is 4.98 Å². The summed E-state index contributed by atoms with van der Waals surface area (Å²) < 4.78 is 0. The summed E-state index contributed by atoms with van der Waals surface area (Å²) in [5.74, 6) is 1.53. The monoisotopic (exact) mass is 439 g/mol. The molecule has 0 radical (unpaired) electrons. The average molecular weight is 440 g/mol. The number of hydrogen-bond acceptors (Lipinski definition) is 7. The zero-order valence-electron chi connectivity index (χ0n) is 19.5. The van der Waals surface area contributed by atoms with E-state index in [-0.39, 0.29) is 0 Å². The van der Waals surface area contributed by atoms with Gasteiger partial charge in [0.05, 0.1) is 6.20 Å². The van der Waals surface area contributed by atoms with E-state index in [1.54, 1.807) is 6.20 Å². The molecule has 32 heavy (non-hydrogen) atoms. The summed E-state index contributed by atoms with van der Waals surface area (Å²) in [5, 5.41) is 2.78. The van der Waals surface area contributed by atoms with Gasteiger partial charge in [0.15, 0.2) is 5.82 Å². The number of hydrogen-bond donors (Lipinski definition) is 2. The highest BCUT2D eigenvalue weighted by molar-refractivity contribution is 5.79. The van der Waals surface area contributed by atoms with Crippen LogP contribution in [0.25, 0.3) is 0 Å². The van der Waals surface area contributed by atoms with Gasteiger partial charge in [-0.05, 0) is 63.9 Å². The number of carbonyl (C=O) groups excluding carboxylic acids is 1. The molecule has 3 N–H and O–H groups in total. The lowest BCUT2D eigenvalue weighted by Gasteiger charge is -2.26. The first-order chi connectivity index (χ1) is 15.8. The molecule has 2 aliphatic rings. The van der Waals surface area contributed by atoms with Gasteiger partial charge in [-0.15, -0.1) is 0 Å². The second-order valence-corrected chi connectivity index (χ2v) is 8.18. The van der Waals surface area contributed by atoms with E-state index in [4.69, 9.17) is 4.98 Å². The largest absolute Gasteiger partial charge is 0.351 e. The molecule has 4 rings (SSSR count). The lowest BCUT2D eigenvalue weighted by molar-refractivity contribution is -0.105. The molecule has 174 valence electrons. The fourth-order valence-corrected chi connectivity index (χ4v) is 4.42. The number of likely N-dealkylation sites (tertiary alicyclic amines) is 1. The van der Waals surface area contributed by atoms with Crippen molar-refractivity contribution in [3.63, 3.8) is 0 Å². The van der Waals surface area contributed by atoms with Crippen molar-refractivity contribution in [1.82, 2.24) is 14.9 Å². The van der Waals surface area contributed by atoms with Gasteiger partial charge < -0.3 is 20.9 Å². The number of nitrogens with two attached hydrogens (primary N) is 1. The fourth-order valence-electron chi connectivity index (χ4n) is 4.42. The minimum atomic E-state index is 0.656.